The molecule has 6 nitrogen and oxygen atoms in total. The number of piperidine rings is 1. The molecule has 2 rings (SSSR count). The van der Waals surface area contributed by atoms with E-state index < -0.39 is 23.8 Å². The second-order valence-corrected chi connectivity index (χ2v) is 6.03. The molecule has 1 fully saturated rings. The van der Waals surface area contributed by atoms with Crippen LogP contribution in [0.4, 0.5) is 0 Å². The van der Waals surface area contributed by atoms with Gasteiger partial charge in [-0.2, -0.15) is 0 Å². The summed E-state index contributed by atoms with van der Waals surface area (Å²) in [5, 5.41) is 12.1. The highest BCUT2D eigenvalue weighted by atomic mass is 16.4. The molecule has 1 aliphatic heterocycles. The Morgan fingerprint density at radius 1 is 1.30 bits per heavy atom. The second kappa shape index (κ2) is 7.26. The number of likely N-dealkylation sites (tertiary alicyclic amines) is 1. The monoisotopic (exact) mass is 318 g/mol. The minimum absolute atomic E-state index is 0.0565. The third kappa shape index (κ3) is 4.09. The van der Waals surface area contributed by atoms with E-state index in [1.807, 2.05) is 18.2 Å². The van der Waals surface area contributed by atoms with Gasteiger partial charge < -0.3 is 15.3 Å². The SMILES string of the molecule is CC(C(=O)O)C(NC(=O)C1CCN(C)C(=O)C1)c1ccccc1. The number of hydrogen-bond acceptors (Lipinski definition) is 3. The van der Waals surface area contributed by atoms with Crippen molar-refractivity contribution < 1.29 is 19.5 Å². The predicted molar refractivity (Wildman–Crippen MR) is 84.5 cm³/mol. The van der Waals surface area contributed by atoms with E-state index in [4.69, 9.17) is 0 Å². The summed E-state index contributed by atoms with van der Waals surface area (Å²) in [6, 6.07) is 8.43. The van der Waals surface area contributed by atoms with Crippen molar-refractivity contribution in [2.45, 2.75) is 25.8 Å². The molecule has 124 valence electrons. The summed E-state index contributed by atoms with van der Waals surface area (Å²) in [4.78, 5) is 37.2. The second-order valence-electron chi connectivity index (χ2n) is 6.03. The van der Waals surface area contributed by atoms with Crippen LogP contribution in [-0.4, -0.2) is 41.4 Å². The minimum Gasteiger partial charge on any atom is -0.481 e. The molecule has 1 aliphatic rings. The molecule has 3 unspecified atom stereocenters. The molecule has 0 aromatic heterocycles. The molecule has 0 bridgehead atoms. The molecular weight excluding hydrogens is 296 g/mol. The van der Waals surface area contributed by atoms with E-state index in [9.17, 15) is 19.5 Å². The highest BCUT2D eigenvalue weighted by molar-refractivity contribution is 5.87. The summed E-state index contributed by atoms with van der Waals surface area (Å²) in [6.45, 7) is 2.11. The van der Waals surface area contributed by atoms with E-state index in [2.05, 4.69) is 5.32 Å². The van der Waals surface area contributed by atoms with E-state index >= 15 is 0 Å². The number of nitrogens with zero attached hydrogens (tertiary/aromatic N) is 1. The van der Waals surface area contributed by atoms with Crippen molar-refractivity contribution in [3.8, 4) is 0 Å². The summed E-state index contributed by atoms with van der Waals surface area (Å²) in [7, 11) is 1.72. The first kappa shape index (κ1) is 17.0. The molecule has 1 aromatic rings. The molecule has 0 radical (unpaired) electrons. The zero-order valence-electron chi connectivity index (χ0n) is 13.4. The number of carbonyl (C=O) groups excluding carboxylic acids is 2. The molecule has 2 N–H and O–H groups in total. The van der Waals surface area contributed by atoms with Crippen LogP contribution in [0, 0.1) is 11.8 Å². The van der Waals surface area contributed by atoms with Gasteiger partial charge in [-0.1, -0.05) is 30.3 Å². The number of rotatable bonds is 5. The number of benzene rings is 1. The molecule has 23 heavy (non-hydrogen) atoms. The Labute approximate surface area is 135 Å². The van der Waals surface area contributed by atoms with Crippen LogP contribution in [0.15, 0.2) is 30.3 Å². The zero-order valence-corrected chi connectivity index (χ0v) is 13.4. The van der Waals surface area contributed by atoms with Gasteiger partial charge in [0, 0.05) is 25.9 Å². The largest absolute Gasteiger partial charge is 0.481 e. The standard InChI is InChI=1S/C17H22N2O4/c1-11(17(22)23)15(12-6-4-3-5-7-12)18-16(21)13-8-9-19(2)14(20)10-13/h3-7,11,13,15H,8-10H2,1-2H3,(H,18,21)(H,22,23). The lowest BCUT2D eigenvalue weighted by molar-refractivity contribution is -0.144. The molecule has 1 saturated heterocycles. The quantitative estimate of drug-likeness (QED) is 0.860. The third-order valence-corrected chi connectivity index (χ3v) is 4.38. The van der Waals surface area contributed by atoms with Crippen LogP contribution in [0.2, 0.25) is 0 Å². The van der Waals surface area contributed by atoms with Crippen molar-refractivity contribution in [2.75, 3.05) is 13.6 Å². The van der Waals surface area contributed by atoms with Crippen LogP contribution < -0.4 is 5.32 Å². The van der Waals surface area contributed by atoms with Crippen molar-refractivity contribution in [3.05, 3.63) is 35.9 Å². The van der Waals surface area contributed by atoms with E-state index in [1.165, 1.54) is 0 Å². The van der Waals surface area contributed by atoms with Crippen molar-refractivity contribution >= 4 is 17.8 Å². The van der Waals surface area contributed by atoms with Gasteiger partial charge in [0.1, 0.15) is 0 Å². The first-order valence-corrected chi connectivity index (χ1v) is 7.72. The van der Waals surface area contributed by atoms with E-state index in [0.29, 0.717) is 13.0 Å². The predicted octanol–water partition coefficient (Wildman–Crippen LogP) is 1.43. The first-order valence-electron chi connectivity index (χ1n) is 7.72. The maximum absolute atomic E-state index is 12.5. The summed E-state index contributed by atoms with van der Waals surface area (Å²) in [5.74, 6) is -2.44. The summed E-state index contributed by atoms with van der Waals surface area (Å²) >= 11 is 0. The molecule has 2 amide bonds. The number of carbonyl (C=O) groups is 3. The molecule has 0 aliphatic carbocycles. The lowest BCUT2D eigenvalue weighted by atomic mass is 9.91. The van der Waals surface area contributed by atoms with Gasteiger partial charge in [0.15, 0.2) is 0 Å². The average Bonchev–Trinajstić information content (AvgIpc) is 2.55. The van der Waals surface area contributed by atoms with Gasteiger partial charge in [0.05, 0.1) is 12.0 Å². The topological polar surface area (TPSA) is 86.7 Å². The van der Waals surface area contributed by atoms with Crippen LogP contribution in [0.5, 0.6) is 0 Å². The van der Waals surface area contributed by atoms with E-state index in [1.54, 1.807) is 31.0 Å². The van der Waals surface area contributed by atoms with Crippen molar-refractivity contribution in [2.24, 2.45) is 11.8 Å². The smallest absolute Gasteiger partial charge is 0.308 e. The molecule has 1 aromatic carbocycles. The van der Waals surface area contributed by atoms with Gasteiger partial charge >= 0.3 is 5.97 Å². The van der Waals surface area contributed by atoms with Gasteiger partial charge in [-0.3, -0.25) is 14.4 Å². The molecule has 0 saturated carbocycles. The summed E-state index contributed by atoms with van der Waals surface area (Å²) in [6.07, 6.45) is 0.766. The Balaban J connectivity index is 2.13. The zero-order chi connectivity index (χ0) is 17.0. The van der Waals surface area contributed by atoms with Gasteiger partial charge in [0.25, 0.3) is 0 Å². The number of hydrogen-bond donors (Lipinski definition) is 2. The number of carboxylic acid groups (broad SMARTS) is 1. The number of carboxylic acids is 1. The Hall–Kier alpha value is -2.37. The average molecular weight is 318 g/mol. The lowest BCUT2D eigenvalue weighted by Crippen LogP contribution is -2.44. The maximum Gasteiger partial charge on any atom is 0.308 e. The summed E-state index contributed by atoms with van der Waals surface area (Å²) < 4.78 is 0. The van der Waals surface area contributed by atoms with Crippen LogP contribution >= 0.6 is 0 Å². The fourth-order valence-corrected chi connectivity index (χ4v) is 2.74. The summed E-state index contributed by atoms with van der Waals surface area (Å²) in [5.41, 5.74) is 0.745. The van der Waals surface area contributed by atoms with Crippen molar-refractivity contribution in [1.29, 1.82) is 0 Å². The molecule has 6 heteroatoms. The Kier molecular flexibility index (Phi) is 5.36. The van der Waals surface area contributed by atoms with Crippen LogP contribution in [-0.2, 0) is 14.4 Å². The van der Waals surface area contributed by atoms with Gasteiger partial charge in [-0.15, -0.1) is 0 Å². The molecule has 0 spiro atoms. The first-order chi connectivity index (χ1) is 10.9. The van der Waals surface area contributed by atoms with Crippen LogP contribution in [0.1, 0.15) is 31.4 Å². The Morgan fingerprint density at radius 2 is 1.96 bits per heavy atom. The third-order valence-electron chi connectivity index (χ3n) is 4.38. The van der Waals surface area contributed by atoms with Gasteiger partial charge in [-0.25, -0.2) is 0 Å². The molecular formula is C17H22N2O4. The lowest BCUT2D eigenvalue weighted by Gasteiger charge is -2.30. The van der Waals surface area contributed by atoms with E-state index in [-0.39, 0.29) is 18.2 Å². The highest BCUT2D eigenvalue weighted by Gasteiger charge is 2.32. The number of amides is 2. The fraction of sp³-hybridized carbons (Fsp3) is 0.471. The van der Waals surface area contributed by atoms with Gasteiger partial charge in [-0.05, 0) is 18.9 Å². The molecule has 3 atom stereocenters. The fourth-order valence-electron chi connectivity index (χ4n) is 2.74. The number of aliphatic carboxylic acids is 1. The number of nitrogens with one attached hydrogen (secondary N) is 1. The van der Waals surface area contributed by atoms with Crippen LogP contribution in [0.3, 0.4) is 0 Å². The highest BCUT2D eigenvalue weighted by Crippen LogP contribution is 2.25. The maximum atomic E-state index is 12.5. The Bertz CT molecular complexity index is 588. The van der Waals surface area contributed by atoms with Crippen molar-refractivity contribution in [1.82, 2.24) is 10.2 Å². The normalized spacial score (nSPS) is 20.7. The minimum atomic E-state index is -0.974. The Morgan fingerprint density at radius 3 is 2.52 bits per heavy atom. The van der Waals surface area contributed by atoms with Crippen LogP contribution in [0.25, 0.3) is 0 Å². The van der Waals surface area contributed by atoms with Crippen molar-refractivity contribution in [3.63, 3.8) is 0 Å². The van der Waals surface area contributed by atoms with Gasteiger partial charge in [0.2, 0.25) is 11.8 Å². The van der Waals surface area contributed by atoms with E-state index in [0.717, 1.165) is 5.56 Å². The molecule has 1 heterocycles.